The molecule has 2 aromatic rings. The number of carbonyl (C=O) groups excluding carboxylic acids is 2. The number of nitrogens with zero attached hydrogens (tertiary/aromatic N) is 3. The maximum Gasteiger partial charge on any atom is 0.264 e. The minimum atomic E-state index is -0.0900. The molecule has 144 valence electrons. The summed E-state index contributed by atoms with van der Waals surface area (Å²) in [4.78, 5) is 30.3. The topological polar surface area (TPSA) is 78.7 Å². The van der Waals surface area contributed by atoms with E-state index in [2.05, 4.69) is 21.4 Å². The van der Waals surface area contributed by atoms with Crippen molar-refractivity contribution in [3.05, 3.63) is 38.9 Å². The van der Waals surface area contributed by atoms with Crippen LogP contribution in [0.15, 0.2) is 16.7 Å². The van der Waals surface area contributed by atoms with Crippen LogP contribution in [0.2, 0.25) is 0 Å². The van der Waals surface area contributed by atoms with E-state index in [4.69, 9.17) is 4.52 Å². The molecule has 0 spiro atoms. The SMILES string of the molecule is Cc1noc(C)c1CN1CCCC1c1ccc(C(=O)N2CCNC(=O)C2)s1. The highest BCUT2D eigenvalue weighted by Crippen LogP contribution is 2.37. The number of rotatable bonds is 4. The number of amides is 2. The number of hydrogen-bond acceptors (Lipinski definition) is 6. The van der Waals surface area contributed by atoms with Crippen molar-refractivity contribution in [2.24, 2.45) is 0 Å². The Labute approximate surface area is 162 Å². The molecule has 27 heavy (non-hydrogen) atoms. The molecule has 0 aliphatic carbocycles. The molecular weight excluding hydrogens is 364 g/mol. The Balaban J connectivity index is 1.48. The van der Waals surface area contributed by atoms with Gasteiger partial charge in [-0.15, -0.1) is 11.3 Å². The van der Waals surface area contributed by atoms with E-state index in [9.17, 15) is 9.59 Å². The standard InChI is InChI=1S/C19H24N4O3S/c1-12-14(13(2)26-21-12)10-22-8-3-4-15(22)16-5-6-17(27-16)19(25)23-9-7-20-18(24)11-23/h5-6,15H,3-4,7-11H2,1-2H3,(H,20,24). The Morgan fingerprint density at radius 3 is 2.96 bits per heavy atom. The van der Waals surface area contributed by atoms with E-state index >= 15 is 0 Å². The molecule has 2 saturated heterocycles. The maximum absolute atomic E-state index is 12.7. The van der Waals surface area contributed by atoms with Crippen LogP contribution in [0.5, 0.6) is 0 Å². The van der Waals surface area contributed by atoms with Gasteiger partial charge in [-0.05, 0) is 45.4 Å². The number of nitrogens with one attached hydrogen (secondary N) is 1. The van der Waals surface area contributed by atoms with E-state index in [0.29, 0.717) is 24.0 Å². The van der Waals surface area contributed by atoms with E-state index < -0.39 is 0 Å². The van der Waals surface area contributed by atoms with Gasteiger partial charge in [-0.25, -0.2) is 0 Å². The third-order valence-electron chi connectivity index (χ3n) is 5.40. The zero-order valence-electron chi connectivity index (χ0n) is 15.7. The molecule has 7 nitrogen and oxygen atoms in total. The first-order valence-electron chi connectivity index (χ1n) is 9.34. The molecule has 2 fully saturated rings. The van der Waals surface area contributed by atoms with Crippen LogP contribution >= 0.6 is 11.3 Å². The van der Waals surface area contributed by atoms with Gasteiger partial charge in [-0.2, -0.15) is 0 Å². The van der Waals surface area contributed by atoms with E-state index in [1.54, 1.807) is 16.2 Å². The summed E-state index contributed by atoms with van der Waals surface area (Å²) < 4.78 is 5.30. The molecule has 0 bridgehead atoms. The maximum atomic E-state index is 12.7. The van der Waals surface area contributed by atoms with Crippen molar-refractivity contribution in [2.45, 2.75) is 39.3 Å². The first kappa shape index (κ1) is 18.2. The Morgan fingerprint density at radius 2 is 2.22 bits per heavy atom. The molecule has 1 N–H and O–H groups in total. The third-order valence-corrected chi connectivity index (χ3v) is 6.57. The number of aryl methyl sites for hydroxylation is 2. The minimum absolute atomic E-state index is 0.0450. The molecule has 2 amide bonds. The van der Waals surface area contributed by atoms with Crippen molar-refractivity contribution < 1.29 is 14.1 Å². The lowest BCUT2D eigenvalue weighted by Gasteiger charge is -2.26. The fourth-order valence-electron chi connectivity index (χ4n) is 3.88. The van der Waals surface area contributed by atoms with Crippen LogP contribution in [-0.2, 0) is 11.3 Å². The summed E-state index contributed by atoms with van der Waals surface area (Å²) in [6.45, 7) is 7.02. The molecule has 4 heterocycles. The van der Waals surface area contributed by atoms with Crippen molar-refractivity contribution in [1.82, 2.24) is 20.3 Å². The van der Waals surface area contributed by atoms with Gasteiger partial charge >= 0.3 is 0 Å². The number of piperazine rings is 1. The predicted molar refractivity (Wildman–Crippen MR) is 102 cm³/mol. The highest BCUT2D eigenvalue weighted by Gasteiger charge is 2.30. The molecule has 0 saturated carbocycles. The summed E-state index contributed by atoms with van der Waals surface area (Å²) in [5, 5.41) is 6.81. The Hall–Kier alpha value is -2.19. The normalized spacial score (nSPS) is 20.9. The summed E-state index contributed by atoms with van der Waals surface area (Å²) in [5.74, 6) is 0.743. The first-order valence-corrected chi connectivity index (χ1v) is 10.2. The lowest BCUT2D eigenvalue weighted by Crippen LogP contribution is -2.49. The number of thiophene rings is 1. The Bertz CT molecular complexity index is 840. The van der Waals surface area contributed by atoms with Crippen LogP contribution in [0.3, 0.4) is 0 Å². The highest BCUT2D eigenvalue weighted by atomic mass is 32.1. The number of aromatic nitrogens is 1. The molecule has 2 aliphatic heterocycles. The van der Waals surface area contributed by atoms with Crippen LogP contribution in [0.25, 0.3) is 0 Å². The van der Waals surface area contributed by atoms with Crippen LogP contribution in [-0.4, -0.2) is 52.9 Å². The molecule has 2 aromatic heterocycles. The summed E-state index contributed by atoms with van der Waals surface area (Å²) >= 11 is 1.55. The fraction of sp³-hybridized carbons (Fsp3) is 0.526. The van der Waals surface area contributed by atoms with Gasteiger partial charge in [0.05, 0.1) is 17.1 Å². The van der Waals surface area contributed by atoms with Crippen molar-refractivity contribution in [3.8, 4) is 0 Å². The number of hydrogen-bond donors (Lipinski definition) is 1. The van der Waals surface area contributed by atoms with Crippen LogP contribution in [0, 0.1) is 13.8 Å². The average molecular weight is 388 g/mol. The highest BCUT2D eigenvalue weighted by molar-refractivity contribution is 7.14. The van der Waals surface area contributed by atoms with Crippen LogP contribution < -0.4 is 5.32 Å². The Morgan fingerprint density at radius 1 is 1.37 bits per heavy atom. The van der Waals surface area contributed by atoms with Crippen molar-refractivity contribution in [3.63, 3.8) is 0 Å². The van der Waals surface area contributed by atoms with Crippen molar-refractivity contribution >= 4 is 23.2 Å². The van der Waals surface area contributed by atoms with E-state index in [1.165, 1.54) is 4.88 Å². The molecule has 0 aromatic carbocycles. The van der Waals surface area contributed by atoms with Crippen LogP contribution in [0.1, 0.15) is 50.4 Å². The van der Waals surface area contributed by atoms with Gasteiger partial charge in [0.1, 0.15) is 5.76 Å². The zero-order valence-corrected chi connectivity index (χ0v) is 16.5. The molecule has 8 heteroatoms. The van der Waals surface area contributed by atoms with E-state index in [-0.39, 0.29) is 18.4 Å². The minimum Gasteiger partial charge on any atom is -0.361 e. The zero-order chi connectivity index (χ0) is 19.0. The third kappa shape index (κ3) is 3.64. The van der Waals surface area contributed by atoms with Crippen molar-refractivity contribution in [1.29, 1.82) is 0 Å². The average Bonchev–Trinajstić information content (AvgIpc) is 3.38. The van der Waals surface area contributed by atoms with Gasteiger partial charge in [0, 0.05) is 36.1 Å². The largest absolute Gasteiger partial charge is 0.361 e. The molecule has 0 radical (unpaired) electrons. The number of carbonyl (C=O) groups is 2. The lowest BCUT2D eigenvalue weighted by molar-refractivity contribution is -0.123. The second-order valence-electron chi connectivity index (χ2n) is 7.21. The summed E-state index contributed by atoms with van der Waals surface area (Å²) in [5.41, 5.74) is 2.11. The van der Waals surface area contributed by atoms with Gasteiger partial charge < -0.3 is 14.7 Å². The van der Waals surface area contributed by atoms with Gasteiger partial charge in [-0.1, -0.05) is 5.16 Å². The number of likely N-dealkylation sites (tertiary alicyclic amines) is 1. The van der Waals surface area contributed by atoms with Gasteiger partial charge in [0.15, 0.2) is 0 Å². The molecule has 4 rings (SSSR count). The fourth-order valence-corrected chi connectivity index (χ4v) is 5.03. The Kier molecular flexibility index (Phi) is 5.01. The second kappa shape index (κ2) is 7.44. The summed E-state index contributed by atoms with van der Waals surface area (Å²) in [6.07, 6.45) is 2.23. The first-order chi connectivity index (χ1) is 13.0. The smallest absolute Gasteiger partial charge is 0.264 e. The lowest BCUT2D eigenvalue weighted by atomic mass is 10.1. The van der Waals surface area contributed by atoms with Gasteiger partial charge in [0.25, 0.3) is 5.91 Å². The molecule has 1 unspecified atom stereocenters. The second-order valence-corrected chi connectivity index (χ2v) is 8.33. The quantitative estimate of drug-likeness (QED) is 0.869. The van der Waals surface area contributed by atoms with Crippen LogP contribution in [0.4, 0.5) is 0 Å². The van der Waals surface area contributed by atoms with Gasteiger partial charge in [0.2, 0.25) is 5.91 Å². The summed E-state index contributed by atoms with van der Waals surface area (Å²) in [7, 11) is 0. The predicted octanol–water partition coefficient (Wildman–Crippen LogP) is 2.26. The molecular formula is C19H24N4O3S. The van der Waals surface area contributed by atoms with E-state index in [1.807, 2.05) is 19.9 Å². The van der Waals surface area contributed by atoms with Crippen molar-refractivity contribution in [2.75, 3.05) is 26.2 Å². The summed E-state index contributed by atoms with van der Waals surface area (Å²) in [6, 6.07) is 4.29. The molecule has 1 atom stereocenters. The van der Waals surface area contributed by atoms with E-state index in [0.717, 1.165) is 42.9 Å². The molecule has 2 aliphatic rings. The van der Waals surface area contributed by atoms with Gasteiger partial charge in [-0.3, -0.25) is 14.5 Å². The monoisotopic (exact) mass is 388 g/mol.